The highest BCUT2D eigenvalue weighted by Crippen LogP contribution is 2.30. The molecule has 5 nitrogen and oxygen atoms in total. The second-order valence-electron chi connectivity index (χ2n) is 6.34. The van der Waals surface area contributed by atoms with Crippen molar-refractivity contribution in [2.24, 2.45) is 5.10 Å². The molecule has 25 heavy (non-hydrogen) atoms. The first-order valence-electron chi connectivity index (χ1n) is 8.17. The van der Waals surface area contributed by atoms with Crippen LogP contribution >= 0.6 is 0 Å². The number of carbonyl (C=O) groups is 1. The molecule has 0 spiro atoms. The second-order valence-corrected chi connectivity index (χ2v) is 6.34. The highest BCUT2D eigenvalue weighted by molar-refractivity contribution is 5.99. The van der Waals surface area contributed by atoms with Crippen LogP contribution in [0.25, 0.3) is 0 Å². The van der Waals surface area contributed by atoms with Gasteiger partial charge in [0.2, 0.25) is 0 Å². The molecule has 1 amide bonds. The summed E-state index contributed by atoms with van der Waals surface area (Å²) in [7, 11) is 1.85. The summed E-state index contributed by atoms with van der Waals surface area (Å²) in [6, 6.07) is 5.94. The van der Waals surface area contributed by atoms with Crippen LogP contribution in [0.4, 0.5) is 5.82 Å². The first-order valence-corrected chi connectivity index (χ1v) is 8.17. The summed E-state index contributed by atoms with van der Waals surface area (Å²) < 4.78 is 0. The number of aromatic nitrogens is 1. The fraction of sp³-hybridized carbons (Fsp3) is 0.250. The van der Waals surface area contributed by atoms with Crippen molar-refractivity contribution >= 4 is 18.4 Å². The molecule has 3 rings (SSSR count). The summed E-state index contributed by atoms with van der Waals surface area (Å²) in [6.07, 6.45) is 4.12. The molecule has 2 heterocycles. The molecule has 1 aliphatic rings. The Labute approximate surface area is 148 Å². The topological polar surface area (TPSA) is 48.8 Å². The lowest BCUT2D eigenvalue weighted by atomic mass is 9.91. The third-order valence-electron chi connectivity index (χ3n) is 4.88. The van der Waals surface area contributed by atoms with E-state index in [1.165, 1.54) is 16.1 Å². The largest absolute Gasteiger partial charge is 0.337 e. The summed E-state index contributed by atoms with van der Waals surface area (Å²) in [5, 5.41) is 5.35. The molecule has 0 fully saturated rings. The van der Waals surface area contributed by atoms with E-state index in [1.807, 2.05) is 31.4 Å². The number of amides is 1. The maximum Gasteiger partial charge on any atom is 0.254 e. The molecular weight excluding hydrogens is 312 g/mol. The number of rotatable bonds is 5. The Morgan fingerprint density at radius 1 is 1.36 bits per heavy atom. The molecule has 0 N–H and O–H groups in total. The first-order chi connectivity index (χ1) is 12.0. The van der Waals surface area contributed by atoms with Crippen LogP contribution in [-0.2, 0) is 13.0 Å². The molecule has 5 heteroatoms. The van der Waals surface area contributed by atoms with Gasteiger partial charge < -0.3 is 4.90 Å². The number of benzene rings is 1. The van der Waals surface area contributed by atoms with Crippen LogP contribution in [0, 0.1) is 13.8 Å². The van der Waals surface area contributed by atoms with E-state index >= 15 is 0 Å². The minimum absolute atomic E-state index is 0.103. The van der Waals surface area contributed by atoms with Crippen molar-refractivity contribution in [2.45, 2.75) is 26.8 Å². The summed E-state index contributed by atoms with van der Waals surface area (Å²) in [4.78, 5) is 18.5. The van der Waals surface area contributed by atoms with E-state index in [0.717, 1.165) is 28.7 Å². The number of fused-ring (bicyclic) bond motifs is 1. The van der Waals surface area contributed by atoms with Crippen LogP contribution in [0.15, 0.2) is 42.3 Å². The van der Waals surface area contributed by atoms with Crippen LogP contribution in [-0.4, -0.2) is 29.6 Å². The molecule has 0 aliphatic carbocycles. The Morgan fingerprint density at radius 3 is 2.72 bits per heavy atom. The van der Waals surface area contributed by atoms with Gasteiger partial charge in [0, 0.05) is 38.3 Å². The quantitative estimate of drug-likeness (QED) is 0.622. The van der Waals surface area contributed by atoms with Crippen molar-refractivity contribution in [2.75, 3.05) is 12.1 Å². The predicted molar refractivity (Wildman–Crippen MR) is 101 cm³/mol. The molecule has 128 valence electrons. The average Bonchev–Trinajstić information content (AvgIpc) is 2.90. The predicted octanol–water partition coefficient (Wildman–Crippen LogP) is 3.44. The van der Waals surface area contributed by atoms with Crippen molar-refractivity contribution in [1.82, 2.24) is 9.88 Å². The van der Waals surface area contributed by atoms with Crippen molar-refractivity contribution in [3.63, 3.8) is 0 Å². The van der Waals surface area contributed by atoms with Crippen LogP contribution in [0.1, 0.15) is 38.2 Å². The first kappa shape index (κ1) is 16.9. The lowest BCUT2D eigenvalue weighted by molar-refractivity contribution is 0.0816. The van der Waals surface area contributed by atoms with Gasteiger partial charge in [-0.25, -0.2) is 9.99 Å². The van der Waals surface area contributed by atoms with Gasteiger partial charge in [0.1, 0.15) is 0 Å². The van der Waals surface area contributed by atoms with Gasteiger partial charge in [-0.2, -0.15) is 5.10 Å². The minimum Gasteiger partial charge on any atom is -0.337 e. The van der Waals surface area contributed by atoms with E-state index < -0.39 is 0 Å². The summed E-state index contributed by atoms with van der Waals surface area (Å²) in [5.41, 5.74) is 6.68. The molecular formula is C20H22N4O. The number of anilines is 1. The lowest BCUT2D eigenvalue weighted by Gasteiger charge is -2.14. The van der Waals surface area contributed by atoms with Crippen molar-refractivity contribution in [1.29, 1.82) is 0 Å². The van der Waals surface area contributed by atoms with Gasteiger partial charge in [-0.3, -0.25) is 4.79 Å². The van der Waals surface area contributed by atoms with Crippen LogP contribution < -0.4 is 5.01 Å². The van der Waals surface area contributed by atoms with Gasteiger partial charge in [-0.05, 0) is 60.2 Å². The second kappa shape index (κ2) is 6.51. The number of pyridine rings is 1. The Hall–Kier alpha value is -2.95. The van der Waals surface area contributed by atoms with Gasteiger partial charge in [-0.15, -0.1) is 0 Å². The summed E-state index contributed by atoms with van der Waals surface area (Å²) in [5.74, 6) is 0.777. The zero-order valence-corrected chi connectivity index (χ0v) is 14.9. The third-order valence-corrected chi connectivity index (χ3v) is 4.88. The zero-order chi connectivity index (χ0) is 18.1. The number of hydrogen-bond donors (Lipinski definition) is 0. The van der Waals surface area contributed by atoms with Crippen LogP contribution in [0.3, 0.4) is 0 Å². The van der Waals surface area contributed by atoms with Gasteiger partial charge in [0.15, 0.2) is 5.82 Å². The SMILES string of the molecule is C=CN(N=C)c1ccc(Cc2cc3c(c(C)c2C)CN(C)C3=O)cn1. The van der Waals surface area contributed by atoms with Crippen molar-refractivity contribution in [3.8, 4) is 0 Å². The Morgan fingerprint density at radius 2 is 2.12 bits per heavy atom. The molecule has 0 atom stereocenters. The molecule has 0 saturated carbocycles. The van der Waals surface area contributed by atoms with Crippen LogP contribution in [0.5, 0.6) is 0 Å². The number of nitrogens with zero attached hydrogens (tertiary/aromatic N) is 4. The normalized spacial score (nSPS) is 12.9. The Balaban J connectivity index is 1.91. The minimum atomic E-state index is 0.103. The van der Waals surface area contributed by atoms with E-state index in [0.29, 0.717) is 12.4 Å². The Bertz CT molecular complexity index is 847. The number of hydrazone groups is 1. The van der Waals surface area contributed by atoms with Gasteiger partial charge in [0.05, 0.1) is 0 Å². The molecule has 1 aliphatic heterocycles. The van der Waals surface area contributed by atoms with E-state index in [-0.39, 0.29) is 5.91 Å². The van der Waals surface area contributed by atoms with Crippen molar-refractivity contribution < 1.29 is 4.79 Å². The molecule has 1 aromatic heterocycles. The molecule has 0 bridgehead atoms. The monoisotopic (exact) mass is 334 g/mol. The van der Waals surface area contributed by atoms with Gasteiger partial charge in [0.25, 0.3) is 5.91 Å². The van der Waals surface area contributed by atoms with E-state index in [2.05, 4.69) is 37.2 Å². The molecule has 0 saturated heterocycles. The zero-order valence-electron chi connectivity index (χ0n) is 14.9. The van der Waals surface area contributed by atoms with E-state index in [9.17, 15) is 4.79 Å². The van der Waals surface area contributed by atoms with Gasteiger partial charge in [-0.1, -0.05) is 12.6 Å². The standard InChI is InChI=1S/C20H22N4O/c1-6-24(21-4)19-8-7-15(11-22-19)9-16-10-17-18(14(3)13(16)2)12-23(5)20(17)25/h6-8,10-11H,1,4,9,12H2,2-3,5H3. The van der Waals surface area contributed by atoms with E-state index in [1.54, 1.807) is 11.1 Å². The van der Waals surface area contributed by atoms with Gasteiger partial charge >= 0.3 is 0 Å². The van der Waals surface area contributed by atoms with E-state index in [4.69, 9.17) is 0 Å². The maximum atomic E-state index is 12.3. The maximum absolute atomic E-state index is 12.3. The molecule has 2 aromatic rings. The summed E-state index contributed by atoms with van der Waals surface area (Å²) >= 11 is 0. The lowest BCUT2D eigenvalue weighted by Crippen LogP contribution is -2.17. The third kappa shape index (κ3) is 2.93. The summed E-state index contributed by atoms with van der Waals surface area (Å²) in [6.45, 7) is 12.1. The highest BCUT2D eigenvalue weighted by Gasteiger charge is 2.27. The van der Waals surface area contributed by atoms with Crippen molar-refractivity contribution in [3.05, 3.63) is 70.6 Å². The smallest absolute Gasteiger partial charge is 0.254 e. The fourth-order valence-electron chi connectivity index (χ4n) is 3.23. The Kier molecular flexibility index (Phi) is 4.40. The molecule has 0 radical (unpaired) electrons. The number of carbonyl (C=O) groups excluding carboxylic acids is 1. The molecule has 1 aromatic carbocycles. The molecule has 0 unspecified atom stereocenters. The average molecular weight is 334 g/mol. The highest BCUT2D eigenvalue weighted by atomic mass is 16.2. The van der Waals surface area contributed by atoms with Crippen LogP contribution in [0.2, 0.25) is 0 Å². The number of hydrogen-bond acceptors (Lipinski definition) is 4. The fourth-order valence-corrected chi connectivity index (χ4v) is 3.23.